The van der Waals surface area contributed by atoms with Gasteiger partial charge in [0.05, 0.1) is 16.6 Å². The minimum Gasteiger partial charge on any atom is -0.370 e. The Balaban J connectivity index is 1.72. The lowest BCUT2D eigenvalue weighted by Gasteiger charge is -2.12. The average molecular weight is 316 g/mol. The predicted octanol–water partition coefficient (Wildman–Crippen LogP) is 2.65. The van der Waals surface area contributed by atoms with Crippen LogP contribution in [0.3, 0.4) is 0 Å². The van der Waals surface area contributed by atoms with Crippen LogP contribution in [0.5, 0.6) is 0 Å². The van der Waals surface area contributed by atoms with Crippen molar-refractivity contribution in [2.24, 2.45) is 10.7 Å². The van der Waals surface area contributed by atoms with Gasteiger partial charge in [-0.2, -0.15) is 0 Å². The van der Waals surface area contributed by atoms with Crippen molar-refractivity contribution < 1.29 is 0 Å². The van der Waals surface area contributed by atoms with Crippen molar-refractivity contribution in [2.75, 3.05) is 18.4 Å². The molecule has 1 saturated carbocycles. The standard InChI is InChI=1S/C13H19Cl2N5/c14-9-7-11(15)12(19-8-9)17-5-6-18-13(16)20-10-3-1-2-4-10/h7-8,10H,1-6H2,(H,17,19)(H3,16,18,20). The second-order valence-electron chi connectivity index (χ2n) is 4.80. The van der Waals surface area contributed by atoms with E-state index in [9.17, 15) is 0 Å². The van der Waals surface area contributed by atoms with E-state index >= 15 is 0 Å². The van der Waals surface area contributed by atoms with Gasteiger partial charge in [0.1, 0.15) is 5.82 Å². The highest BCUT2D eigenvalue weighted by atomic mass is 35.5. The minimum absolute atomic E-state index is 0.485. The number of hydrogen-bond donors (Lipinski definition) is 3. The molecule has 0 bridgehead atoms. The van der Waals surface area contributed by atoms with Gasteiger partial charge in [-0.3, -0.25) is 4.99 Å². The molecule has 1 aliphatic carbocycles. The number of nitrogens with one attached hydrogen (secondary N) is 2. The lowest BCUT2D eigenvalue weighted by Crippen LogP contribution is -2.38. The number of rotatable bonds is 5. The van der Waals surface area contributed by atoms with E-state index < -0.39 is 0 Å². The largest absolute Gasteiger partial charge is 0.370 e. The van der Waals surface area contributed by atoms with E-state index in [0.29, 0.717) is 41.0 Å². The summed E-state index contributed by atoms with van der Waals surface area (Å²) < 4.78 is 0. The third kappa shape index (κ3) is 4.72. The molecule has 2 rings (SSSR count). The zero-order chi connectivity index (χ0) is 14.4. The average Bonchev–Trinajstić information content (AvgIpc) is 2.89. The Morgan fingerprint density at radius 2 is 2.15 bits per heavy atom. The van der Waals surface area contributed by atoms with Crippen molar-refractivity contribution in [2.45, 2.75) is 31.7 Å². The first-order valence-electron chi connectivity index (χ1n) is 6.76. The summed E-state index contributed by atoms with van der Waals surface area (Å²) in [6, 6.07) is 2.14. The summed E-state index contributed by atoms with van der Waals surface area (Å²) in [6.45, 7) is 1.17. The highest BCUT2D eigenvalue weighted by Crippen LogP contribution is 2.22. The van der Waals surface area contributed by atoms with Gasteiger partial charge in [0.25, 0.3) is 0 Å². The highest BCUT2D eigenvalue weighted by Gasteiger charge is 2.14. The Morgan fingerprint density at radius 1 is 1.40 bits per heavy atom. The van der Waals surface area contributed by atoms with Crippen LogP contribution in [-0.2, 0) is 0 Å². The van der Waals surface area contributed by atoms with Crippen molar-refractivity contribution in [1.82, 2.24) is 10.3 Å². The fourth-order valence-corrected chi connectivity index (χ4v) is 2.67. The van der Waals surface area contributed by atoms with Crippen LogP contribution in [0.2, 0.25) is 10.0 Å². The maximum absolute atomic E-state index is 6.00. The van der Waals surface area contributed by atoms with Gasteiger partial charge in [-0.1, -0.05) is 36.0 Å². The van der Waals surface area contributed by atoms with Crippen LogP contribution < -0.4 is 16.4 Å². The minimum atomic E-state index is 0.485. The predicted molar refractivity (Wildman–Crippen MR) is 84.6 cm³/mol. The number of aromatic nitrogens is 1. The lowest BCUT2D eigenvalue weighted by atomic mass is 10.2. The first-order chi connectivity index (χ1) is 9.65. The van der Waals surface area contributed by atoms with Crippen molar-refractivity contribution in [3.05, 3.63) is 22.3 Å². The number of nitrogens with two attached hydrogens (primary N) is 1. The summed E-state index contributed by atoms with van der Waals surface area (Å²) in [6.07, 6.45) is 6.45. The summed E-state index contributed by atoms with van der Waals surface area (Å²) in [4.78, 5) is 8.38. The van der Waals surface area contributed by atoms with E-state index in [2.05, 4.69) is 20.6 Å². The summed E-state index contributed by atoms with van der Waals surface area (Å²) >= 11 is 11.8. The third-order valence-corrected chi connectivity index (χ3v) is 3.70. The van der Waals surface area contributed by atoms with Crippen LogP contribution in [0.25, 0.3) is 0 Å². The van der Waals surface area contributed by atoms with Crippen molar-refractivity contribution >= 4 is 35.0 Å². The van der Waals surface area contributed by atoms with Gasteiger partial charge in [0, 0.05) is 18.8 Å². The number of nitrogens with zero attached hydrogens (tertiary/aromatic N) is 2. The molecule has 0 saturated heterocycles. The lowest BCUT2D eigenvalue weighted by molar-refractivity contribution is 0.625. The van der Waals surface area contributed by atoms with Gasteiger partial charge in [0.2, 0.25) is 0 Å². The molecule has 1 aliphatic rings. The summed E-state index contributed by atoms with van der Waals surface area (Å²) in [5, 5.41) is 7.35. The molecular formula is C13H19Cl2N5. The fourth-order valence-electron chi connectivity index (χ4n) is 2.22. The number of hydrogen-bond acceptors (Lipinski definition) is 3. The molecule has 1 aromatic heterocycles. The van der Waals surface area contributed by atoms with Crippen molar-refractivity contribution in [3.8, 4) is 0 Å². The molecule has 1 aromatic rings. The molecule has 110 valence electrons. The van der Waals surface area contributed by atoms with Crippen molar-refractivity contribution in [1.29, 1.82) is 0 Å². The second kappa shape index (κ2) is 7.55. The van der Waals surface area contributed by atoms with Crippen LogP contribution in [0.4, 0.5) is 5.82 Å². The van der Waals surface area contributed by atoms with Gasteiger partial charge >= 0.3 is 0 Å². The maximum atomic E-state index is 6.00. The number of pyridine rings is 1. The molecule has 0 radical (unpaired) electrons. The maximum Gasteiger partial charge on any atom is 0.188 e. The SMILES string of the molecule is NC(=NCCNc1ncc(Cl)cc1Cl)NC1CCCC1. The Bertz CT molecular complexity index is 472. The smallest absolute Gasteiger partial charge is 0.188 e. The molecule has 0 aromatic carbocycles. The van der Waals surface area contributed by atoms with Crippen LogP contribution in [-0.4, -0.2) is 30.1 Å². The number of anilines is 1. The molecule has 1 fully saturated rings. The molecule has 0 amide bonds. The second-order valence-corrected chi connectivity index (χ2v) is 5.65. The Morgan fingerprint density at radius 3 is 2.85 bits per heavy atom. The number of halogens is 2. The molecular weight excluding hydrogens is 297 g/mol. The fraction of sp³-hybridized carbons (Fsp3) is 0.538. The zero-order valence-corrected chi connectivity index (χ0v) is 12.7. The van der Waals surface area contributed by atoms with Gasteiger partial charge in [-0.15, -0.1) is 0 Å². The molecule has 0 atom stereocenters. The summed E-state index contributed by atoms with van der Waals surface area (Å²) in [5.41, 5.74) is 5.83. The molecule has 1 heterocycles. The highest BCUT2D eigenvalue weighted by molar-refractivity contribution is 6.35. The molecule has 7 heteroatoms. The Kier molecular flexibility index (Phi) is 5.73. The van der Waals surface area contributed by atoms with Crippen LogP contribution in [0, 0.1) is 0 Å². The zero-order valence-electron chi connectivity index (χ0n) is 11.2. The third-order valence-electron chi connectivity index (χ3n) is 3.20. The molecule has 4 N–H and O–H groups in total. The summed E-state index contributed by atoms with van der Waals surface area (Å²) in [7, 11) is 0. The quantitative estimate of drug-likeness (QED) is 0.443. The normalized spacial score (nSPS) is 16.4. The molecule has 20 heavy (non-hydrogen) atoms. The van der Waals surface area contributed by atoms with Crippen LogP contribution in [0.1, 0.15) is 25.7 Å². The van der Waals surface area contributed by atoms with Gasteiger partial charge < -0.3 is 16.4 Å². The topological polar surface area (TPSA) is 75.3 Å². The first kappa shape index (κ1) is 15.2. The van der Waals surface area contributed by atoms with Crippen molar-refractivity contribution in [3.63, 3.8) is 0 Å². The van der Waals surface area contributed by atoms with E-state index in [1.165, 1.54) is 25.7 Å². The van der Waals surface area contributed by atoms with Gasteiger partial charge in [-0.05, 0) is 18.9 Å². The number of aliphatic imine (C=N–C) groups is 1. The monoisotopic (exact) mass is 315 g/mol. The Labute approximate surface area is 129 Å². The van der Waals surface area contributed by atoms with Crippen LogP contribution in [0.15, 0.2) is 17.3 Å². The molecule has 0 spiro atoms. The molecule has 5 nitrogen and oxygen atoms in total. The summed E-state index contributed by atoms with van der Waals surface area (Å²) in [5.74, 6) is 1.11. The van der Waals surface area contributed by atoms with E-state index in [1.54, 1.807) is 12.3 Å². The van der Waals surface area contributed by atoms with E-state index in [0.717, 1.165) is 0 Å². The molecule has 0 unspecified atom stereocenters. The van der Waals surface area contributed by atoms with E-state index in [-0.39, 0.29) is 0 Å². The van der Waals surface area contributed by atoms with Gasteiger partial charge in [0.15, 0.2) is 5.96 Å². The molecule has 0 aliphatic heterocycles. The Hall–Kier alpha value is -1.20. The van der Waals surface area contributed by atoms with E-state index in [4.69, 9.17) is 28.9 Å². The first-order valence-corrected chi connectivity index (χ1v) is 7.52. The number of guanidine groups is 1. The van der Waals surface area contributed by atoms with Gasteiger partial charge in [-0.25, -0.2) is 4.98 Å². The van der Waals surface area contributed by atoms with E-state index in [1.807, 2.05) is 0 Å². The van der Waals surface area contributed by atoms with Crippen LogP contribution >= 0.6 is 23.2 Å².